The first-order valence-electron chi connectivity index (χ1n) is 8.67. The molecule has 0 aromatic heterocycles. The minimum absolute atomic E-state index is 0.0115. The van der Waals surface area contributed by atoms with E-state index in [1.54, 1.807) is 32.4 Å². The van der Waals surface area contributed by atoms with Gasteiger partial charge in [0.25, 0.3) is 0 Å². The van der Waals surface area contributed by atoms with Crippen molar-refractivity contribution in [3.63, 3.8) is 0 Å². The van der Waals surface area contributed by atoms with Crippen LogP contribution < -0.4 is 25.0 Å². The zero-order valence-electron chi connectivity index (χ0n) is 16.4. The number of methoxy groups -OCH3 is 3. The average molecular weight is 401 g/mol. The molecule has 0 aliphatic carbocycles. The van der Waals surface area contributed by atoms with Crippen molar-refractivity contribution >= 4 is 18.0 Å². The molecule has 2 rings (SSSR count). The van der Waals surface area contributed by atoms with Crippen LogP contribution in [0, 0.1) is 0 Å². The molecule has 0 aliphatic rings. The number of phenols is 1. The van der Waals surface area contributed by atoms with Crippen LogP contribution in [0.3, 0.4) is 0 Å². The van der Waals surface area contributed by atoms with E-state index in [9.17, 15) is 14.7 Å². The van der Waals surface area contributed by atoms with Gasteiger partial charge in [0.15, 0.2) is 23.0 Å². The molecule has 0 radical (unpaired) electrons. The van der Waals surface area contributed by atoms with E-state index in [4.69, 9.17) is 14.2 Å². The maximum absolute atomic E-state index is 11.8. The van der Waals surface area contributed by atoms with Gasteiger partial charge in [-0.05, 0) is 47.9 Å². The number of hydrogen-bond acceptors (Lipinski definition) is 7. The van der Waals surface area contributed by atoms with E-state index in [-0.39, 0.29) is 18.0 Å². The van der Waals surface area contributed by atoms with Crippen molar-refractivity contribution in [2.24, 2.45) is 5.10 Å². The minimum Gasteiger partial charge on any atom is -0.504 e. The molecule has 2 amide bonds. The molecule has 9 heteroatoms. The molecule has 0 fully saturated rings. The Morgan fingerprint density at radius 1 is 0.966 bits per heavy atom. The second kappa shape index (κ2) is 10.5. The molecule has 0 saturated heterocycles. The van der Waals surface area contributed by atoms with Gasteiger partial charge in [-0.15, -0.1) is 0 Å². The summed E-state index contributed by atoms with van der Waals surface area (Å²) >= 11 is 0. The smallest absolute Gasteiger partial charge is 0.329 e. The molecule has 29 heavy (non-hydrogen) atoms. The van der Waals surface area contributed by atoms with Gasteiger partial charge in [-0.1, -0.05) is 6.07 Å². The van der Waals surface area contributed by atoms with Gasteiger partial charge in [-0.25, -0.2) is 5.43 Å². The number of nitrogens with one attached hydrogen (secondary N) is 2. The van der Waals surface area contributed by atoms with Crippen LogP contribution in [-0.2, 0) is 16.0 Å². The zero-order valence-corrected chi connectivity index (χ0v) is 16.4. The fourth-order valence-electron chi connectivity index (χ4n) is 2.43. The molecule has 3 N–H and O–H groups in total. The van der Waals surface area contributed by atoms with Crippen LogP contribution in [-0.4, -0.2) is 51.0 Å². The van der Waals surface area contributed by atoms with Crippen molar-refractivity contribution in [3.05, 3.63) is 47.5 Å². The number of ether oxygens (including phenoxy) is 3. The summed E-state index contributed by atoms with van der Waals surface area (Å²) in [5.41, 5.74) is 3.64. The molecule has 0 aliphatic heterocycles. The van der Waals surface area contributed by atoms with Crippen molar-refractivity contribution in [2.45, 2.75) is 6.42 Å². The van der Waals surface area contributed by atoms with Crippen LogP contribution in [0.2, 0.25) is 0 Å². The number of phenolic OH excluding ortho intramolecular Hbond substituents is 1. The number of rotatable bonds is 8. The predicted molar refractivity (Wildman–Crippen MR) is 107 cm³/mol. The maximum Gasteiger partial charge on any atom is 0.329 e. The van der Waals surface area contributed by atoms with Crippen molar-refractivity contribution < 1.29 is 28.9 Å². The average Bonchev–Trinajstić information content (AvgIpc) is 2.74. The molecule has 0 bridgehead atoms. The van der Waals surface area contributed by atoms with Gasteiger partial charge in [0, 0.05) is 6.54 Å². The highest BCUT2D eigenvalue weighted by Gasteiger charge is 2.12. The third-order valence-corrected chi connectivity index (χ3v) is 3.94. The topological polar surface area (TPSA) is 118 Å². The Kier molecular flexibility index (Phi) is 7.84. The quantitative estimate of drug-likeness (QED) is 0.348. The van der Waals surface area contributed by atoms with Crippen LogP contribution in [0.5, 0.6) is 23.0 Å². The number of benzene rings is 2. The summed E-state index contributed by atoms with van der Waals surface area (Å²) in [6.07, 6.45) is 1.84. The number of carbonyl (C=O) groups is 2. The summed E-state index contributed by atoms with van der Waals surface area (Å²) in [5.74, 6) is -0.223. The van der Waals surface area contributed by atoms with E-state index in [2.05, 4.69) is 15.8 Å². The summed E-state index contributed by atoms with van der Waals surface area (Å²) in [7, 11) is 4.52. The highest BCUT2D eigenvalue weighted by atomic mass is 16.5. The Morgan fingerprint density at radius 2 is 1.69 bits per heavy atom. The lowest BCUT2D eigenvalue weighted by molar-refractivity contribution is -0.139. The van der Waals surface area contributed by atoms with Crippen LogP contribution in [0.4, 0.5) is 0 Å². The van der Waals surface area contributed by atoms with Crippen LogP contribution in [0.25, 0.3) is 0 Å². The molecule has 0 unspecified atom stereocenters. The molecule has 0 saturated carbocycles. The summed E-state index contributed by atoms with van der Waals surface area (Å²) in [6, 6.07) is 9.98. The second-order valence-electron chi connectivity index (χ2n) is 5.83. The van der Waals surface area contributed by atoms with E-state index in [1.807, 2.05) is 6.07 Å². The summed E-state index contributed by atoms with van der Waals surface area (Å²) < 4.78 is 15.4. The first kappa shape index (κ1) is 21.5. The molecular weight excluding hydrogens is 378 g/mol. The Balaban J connectivity index is 1.81. The molecule has 0 spiro atoms. The van der Waals surface area contributed by atoms with Crippen molar-refractivity contribution in [1.29, 1.82) is 0 Å². The number of aromatic hydroxyl groups is 1. The van der Waals surface area contributed by atoms with Gasteiger partial charge in [0.1, 0.15) is 0 Å². The monoisotopic (exact) mass is 401 g/mol. The van der Waals surface area contributed by atoms with Gasteiger partial charge in [0.05, 0.1) is 27.5 Å². The maximum atomic E-state index is 11.8. The first-order valence-corrected chi connectivity index (χ1v) is 8.67. The van der Waals surface area contributed by atoms with Gasteiger partial charge in [-0.3, -0.25) is 9.59 Å². The molecule has 2 aromatic carbocycles. The van der Waals surface area contributed by atoms with E-state index >= 15 is 0 Å². The van der Waals surface area contributed by atoms with Gasteiger partial charge in [0.2, 0.25) is 0 Å². The fraction of sp³-hybridized carbons (Fsp3) is 0.250. The lowest BCUT2D eigenvalue weighted by Crippen LogP contribution is -2.38. The van der Waals surface area contributed by atoms with Crippen molar-refractivity contribution in [1.82, 2.24) is 10.7 Å². The Labute approximate surface area is 168 Å². The summed E-state index contributed by atoms with van der Waals surface area (Å²) in [5, 5.41) is 15.8. The Hall–Kier alpha value is -3.75. The molecule has 2 aromatic rings. The molecule has 154 valence electrons. The number of amides is 2. The normalized spacial score (nSPS) is 10.4. The number of hydrazone groups is 1. The molecule has 0 heterocycles. The standard InChI is InChI=1S/C20H23N3O6/c1-27-16-7-5-13(10-18(16)29-3)8-9-21-19(25)20(26)23-22-12-14-4-6-15(24)17(11-14)28-2/h4-7,10-12,24H,8-9H2,1-3H3,(H,21,25)(H,23,26). The SMILES string of the molecule is COc1cc(C=NNC(=O)C(=O)NCCc2ccc(OC)c(OC)c2)ccc1O. The lowest BCUT2D eigenvalue weighted by atomic mass is 10.1. The number of carbonyl (C=O) groups excluding carboxylic acids is 2. The predicted octanol–water partition coefficient (Wildman–Crippen LogP) is 1.23. The number of hydrogen-bond donors (Lipinski definition) is 3. The Morgan fingerprint density at radius 3 is 2.38 bits per heavy atom. The number of nitrogens with zero attached hydrogens (tertiary/aromatic N) is 1. The van der Waals surface area contributed by atoms with Crippen molar-refractivity contribution in [3.8, 4) is 23.0 Å². The third kappa shape index (κ3) is 6.13. The van der Waals surface area contributed by atoms with E-state index in [0.717, 1.165) is 5.56 Å². The summed E-state index contributed by atoms with van der Waals surface area (Å²) in [4.78, 5) is 23.6. The lowest BCUT2D eigenvalue weighted by Gasteiger charge is -2.10. The summed E-state index contributed by atoms with van der Waals surface area (Å²) in [6.45, 7) is 0.264. The van der Waals surface area contributed by atoms with Crippen LogP contribution in [0.15, 0.2) is 41.5 Å². The Bertz CT molecular complexity index is 898. The van der Waals surface area contributed by atoms with E-state index < -0.39 is 11.8 Å². The highest BCUT2D eigenvalue weighted by molar-refractivity contribution is 6.35. The van der Waals surface area contributed by atoms with Crippen LogP contribution >= 0.6 is 0 Å². The highest BCUT2D eigenvalue weighted by Crippen LogP contribution is 2.27. The largest absolute Gasteiger partial charge is 0.504 e. The zero-order chi connectivity index (χ0) is 21.2. The van der Waals surface area contributed by atoms with E-state index in [1.165, 1.54) is 25.5 Å². The van der Waals surface area contributed by atoms with E-state index in [0.29, 0.717) is 23.5 Å². The second-order valence-corrected chi connectivity index (χ2v) is 5.83. The molecular formula is C20H23N3O6. The minimum atomic E-state index is -0.890. The first-order chi connectivity index (χ1) is 14.0. The van der Waals surface area contributed by atoms with Crippen LogP contribution in [0.1, 0.15) is 11.1 Å². The van der Waals surface area contributed by atoms with Gasteiger partial charge in [-0.2, -0.15) is 5.10 Å². The molecule has 0 atom stereocenters. The van der Waals surface area contributed by atoms with Gasteiger partial charge < -0.3 is 24.6 Å². The van der Waals surface area contributed by atoms with Crippen molar-refractivity contribution in [2.75, 3.05) is 27.9 Å². The fourth-order valence-corrected chi connectivity index (χ4v) is 2.43. The van der Waals surface area contributed by atoms with Gasteiger partial charge >= 0.3 is 11.8 Å². The third-order valence-electron chi connectivity index (χ3n) is 3.94. The molecule has 9 nitrogen and oxygen atoms in total.